The molecule has 1 unspecified atom stereocenters. The lowest BCUT2D eigenvalue weighted by Crippen LogP contribution is -2.17. The minimum atomic E-state index is -0.375. The molecule has 3 heteroatoms. The van der Waals surface area contributed by atoms with E-state index in [2.05, 4.69) is 16.4 Å². The maximum absolute atomic E-state index is 8.09. The summed E-state index contributed by atoms with van der Waals surface area (Å²) in [5.74, 6) is 0. The summed E-state index contributed by atoms with van der Waals surface area (Å²) in [6.07, 6.45) is 3.91. The summed E-state index contributed by atoms with van der Waals surface area (Å²) in [5.41, 5.74) is 2.38. The predicted octanol–water partition coefficient (Wildman–Crippen LogP) is -0.270. The molecule has 1 N–H and O–H groups in total. The van der Waals surface area contributed by atoms with Gasteiger partial charge in [-0.15, -0.1) is 5.48 Å². The Kier molecular flexibility index (Phi) is 0.966. The van der Waals surface area contributed by atoms with Crippen LogP contribution in [-0.4, -0.2) is 6.04 Å². The monoisotopic (exact) mass is 95.0 g/mol. The molecule has 0 saturated heterocycles. The molecule has 0 aliphatic carbocycles. The maximum Gasteiger partial charge on any atom is 0.158 e. The molecule has 1 heterocycles. The van der Waals surface area contributed by atoms with Crippen molar-refractivity contribution in [1.29, 1.82) is 5.26 Å². The lowest BCUT2D eigenvalue weighted by molar-refractivity contribution is 0.154. The average Bonchev–Trinajstić information content (AvgIpc) is 2.14. The number of hydrogen-bond acceptors (Lipinski definition) is 3. The van der Waals surface area contributed by atoms with Crippen molar-refractivity contribution in [2.24, 2.45) is 0 Å². The SMILES string of the molecule is N#CC1[C]=CON1. The second-order valence-electron chi connectivity index (χ2n) is 1.08. The normalized spacial score (nSPS) is 26.4. The maximum atomic E-state index is 8.09. The minimum Gasteiger partial charge on any atom is -0.415 e. The Hall–Kier alpha value is -1.01. The molecule has 1 aliphatic rings. The molecule has 0 spiro atoms. The lowest BCUT2D eigenvalue weighted by Gasteiger charge is -1.91. The molecule has 1 radical (unpaired) electrons. The van der Waals surface area contributed by atoms with Crippen LogP contribution in [0, 0.1) is 17.4 Å². The molecule has 0 bridgehead atoms. The highest BCUT2D eigenvalue weighted by Gasteiger charge is 2.05. The Labute approximate surface area is 41.1 Å². The standard InChI is InChI=1S/C4H3N2O/c5-3-4-1-2-7-6-4/h2,4,6H. The Bertz CT molecular complexity index is 124. The van der Waals surface area contributed by atoms with Gasteiger partial charge < -0.3 is 4.84 Å². The molecule has 0 aromatic carbocycles. The van der Waals surface area contributed by atoms with Gasteiger partial charge in [-0.2, -0.15) is 5.26 Å². The predicted molar refractivity (Wildman–Crippen MR) is 21.4 cm³/mol. The van der Waals surface area contributed by atoms with E-state index in [1.165, 1.54) is 6.26 Å². The molecule has 0 aromatic heterocycles. The third-order valence-electron chi connectivity index (χ3n) is 0.609. The molecule has 3 nitrogen and oxygen atoms in total. The summed E-state index contributed by atoms with van der Waals surface area (Å²) >= 11 is 0. The van der Waals surface area contributed by atoms with Crippen LogP contribution in [0.5, 0.6) is 0 Å². The van der Waals surface area contributed by atoms with E-state index in [4.69, 9.17) is 5.26 Å². The van der Waals surface area contributed by atoms with Crippen LogP contribution < -0.4 is 5.48 Å². The fourth-order valence-electron chi connectivity index (χ4n) is 0.302. The van der Waals surface area contributed by atoms with Gasteiger partial charge in [0.2, 0.25) is 0 Å². The third kappa shape index (κ3) is 0.699. The van der Waals surface area contributed by atoms with Crippen molar-refractivity contribution in [2.75, 3.05) is 0 Å². The molecular formula is C4H3N2O. The highest BCUT2D eigenvalue weighted by Crippen LogP contribution is 1.90. The molecule has 35 valence electrons. The molecule has 0 saturated carbocycles. The summed E-state index contributed by atoms with van der Waals surface area (Å²) in [5, 5.41) is 8.09. The van der Waals surface area contributed by atoms with Crippen molar-refractivity contribution >= 4 is 0 Å². The van der Waals surface area contributed by atoms with E-state index in [9.17, 15) is 0 Å². The smallest absolute Gasteiger partial charge is 0.158 e. The first-order chi connectivity index (χ1) is 3.43. The van der Waals surface area contributed by atoms with Gasteiger partial charge in [-0.3, -0.25) is 0 Å². The van der Waals surface area contributed by atoms with Crippen LogP contribution in [0.4, 0.5) is 0 Å². The van der Waals surface area contributed by atoms with Crippen molar-refractivity contribution in [2.45, 2.75) is 6.04 Å². The van der Waals surface area contributed by atoms with Crippen LogP contribution >= 0.6 is 0 Å². The first-order valence-electron chi connectivity index (χ1n) is 1.82. The highest BCUT2D eigenvalue weighted by molar-refractivity contribution is 4.99. The number of rotatable bonds is 0. The second kappa shape index (κ2) is 1.63. The number of hydrogen-bond donors (Lipinski definition) is 1. The Morgan fingerprint density at radius 2 is 2.86 bits per heavy atom. The fourth-order valence-corrected chi connectivity index (χ4v) is 0.302. The molecule has 7 heavy (non-hydrogen) atoms. The Balaban J connectivity index is 2.47. The van der Waals surface area contributed by atoms with E-state index in [-0.39, 0.29) is 6.04 Å². The molecule has 1 atom stereocenters. The van der Waals surface area contributed by atoms with E-state index in [1.54, 1.807) is 0 Å². The van der Waals surface area contributed by atoms with E-state index in [0.717, 1.165) is 0 Å². The third-order valence-corrected chi connectivity index (χ3v) is 0.609. The molecular weight excluding hydrogens is 92.1 g/mol. The Morgan fingerprint density at radius 1 is 2.00 bits per heavy atom. The van der Waals surface area contributed by atoms with Crippen LogP contribution in [0.1, 0.15) is 0 Å². The average molecular weight is 95.1 g/mol. The van der Waals surface area contributed by atoms with Crippen LogP contribution in [-0.2, 0) is 4.84 Å². The van der Waals surface area contributed by atoms with Crippen molar-refractivity contribution in [3.8, 4) is 6.07 Å². The van der Waals surface area contributed by atoms with E-state index in [0.29, 0.717) is 0 Å². The minimum absolute atomic E-state index is 0.375. The van der Waals surface area contributed by atoms with Crippen molar-refractivity contribution < 1.29 is 4.84 Å². The molecule has 0 fully saturated rings. The van der Waals surface area contributed by atoms with Crippen molar-refractivity contribution in [3.05, 3.63) is 12.3 Å². The summed E-state index contributed by atoms with van der Waals surface area (Å²) in [6.45, 7) is 0. The van der Waals surface area contributed by atoms with E-state index in [1.807, 2.05) is 6.07 Å². The molecule has 1 rings (SSSR count). The van der Waals surface area contributed by atoms with Crippen molar-refractivity contribution in [1.82, 2.24) is 5.48 Å². The second-order valence-corrected chi connectivity index (χ2v) is 1.08. The first-order valence-corrected chi connectivity index (χ1v) is 1.82. The summed E-state index contributed by atoms with van der Waals surface area (Å²) in [4.78, 5) is 4.44. The first kappa shape index (κ1) is 4.16. The number of nitrogens with one attached hydrogen (secondary N) is 1. The number of hydroxylamine groups is 1. The molecule has 0 aromatic rings. The van der Waals surface area contributed by atoms with Gasteiger partial charge in [0.1, 0.15) is 6.26 Å². The topological polar surface area (TPSA) is 45.0 Å². The van der Waals surface area contributed by atoms with Gasteiger partial charge in [-0.05, 0) is 0 Å². The van der Waals surface area contributed by atoms with Gasteiger partial charge in [-0.1, -0.05) is 0 Å². The van der Waals surface area contributed by atoms with Crippen LogP contribution in [0.2, 0.25) is 0 Å². The van der Waals surface area contributed by atoms with Gasteiger partial charge >= 0.3 is 0 Å². The van der Waals surface area contributed by atoms with Gasteiger partial charge in [-0.25, -0.2) is 0 Å². The zero-order valence-electron chi connectivity index (χ0n) is 3.51. The fraction of sp³-hybridized carbons (Fsp3) is 0.250. The number of nitriles is 1. The van der Waals surface area contributed by atoms with Gasteiger partial charge in [0.15, 0.2) is 6.04 Å². The summed E-state index contributed by atoms with van der Waals surface area (Å²) in [7, 11) is 0. The van der Waals surface area contributed by atoms with Crippen LogP contribution in [0.15, 0.2) is 6.26 Å². The molecule has 1 aliphatic heterocycles. The Morgan fingerprint density at radius 3 is 3.14 bits per heavy atom. The lowest BCUT2D eigenvalue weighted by atomic mass is 10.4. The van der Waals surface area contributed by atoms with E-state index < -0.39 is 0 Å². The van der Waals surface area contributed by atoms with E-state index >= 15 is 0 Å². The quantitative estimate of drug-likeness (QED) is 0.450. The number of nitrogens with zero attached hydrogens (tertiary/aromatic N) is 1. The summed E-state index contributed by atoms with van der Waals surface area (Å²) < 4.78 is 0. The van der Waals surface area contributed by atoms with Crippen molar-refractivity contribution in [3.63, 3.8) is 0 Å². The van der Waals surface area contributed by atoms with Gasteiger partial charge in [0, 0.05) is 6.08 Å². The zero-order valence-corrected chi connectivity index (χ0v) is 3.51. The van der Waals surface area contributed by atoms with Crippen LogP contribution in [0.3, 0.4) is 0 Å². The van der Waals surface area contributed by atoms with Gasteiger partial charge in [0.25, 0.3) is 0 Å². The van der Waals surface area contributed by atoms with Gasteiger partial charge in [0.05, 0.1) is 6.07 Å². The van der Waals surface area contributed by atoms with Crippen LogP contribution in [0.25, 0.3) is 0 Å². The summed E-state index contributed by atoms with van der Waals surface area (Å²) in [6, 6.07) is 1.51. The highest BCUT2D eigenvalue weighted by atomic mass is 16.6. The molecule has 0 amide bonds. The zero-order chi connectivity index (χ0) is 5.11. The largest absolute Gasteiger partial charge is 0.415 e.